The smallest absolute Gasteiger partial charge is 0.240 e. The first-order valence-corrected chi connectivity index (χ1v) is 7.72. The molecule has 122 valence electrons. The molecular weight excluding hydrogens is 280 g/mol. The van der Waals surface area contributed by atoms with Crippen molar-refractivity contribution in [1.82, 2.24) is 5.32 Å². The van der Waals surface area contributed by atoms with E-state index in [4.69, 9.17) is 4.74 Å². The van der Waals surface area contributed by atoms with Crippen molar-refractivity contribution >= 4 is 17.5 Å². The van der Waals surface area contributed by atoms with E-state index in [-0.39, 0.29) is 18.4 Å². The Morgan fingerprint density at radius 1 is 1.27 bits per heavy atom. The molecule has 0 atom stereocenters. The van der Waals surface area contributed by atoms with Gasteiger partial charge in [-0.1, -0.05) is 26.0 Å². The zero-order valence-electron chi connectivity index (χ0n) is 13.9. The molecule has 1 aromatic rings. The highest BCUT2D eigenvalue weighted by Crippen LogP contribution is 2.28. The highest BCUT2D eigenvalue weighted by molar-refractivity contribution is 5.98. The van der Waals surface area contributed by atoms with Crippen molar-refractivity contribution in [1.29, 1.82) is 0 Å². The molecule has 0 saturated carbocycles. The fourth-order valence-corrected chi connectivity index (χ4v) is 2.02. The van der Waals surface area contributed by atoms with Gasteiger partial charge in [0.1, 0.15) is 12.3 Å². The van der Waals surface area contributed by atoms with Crippen molar-refractivity contribution in [3.8, 4) is 5.75 Å². The van der Waals surface area contributed by atoms with Crippen LogP contribution in [0.5, 0.6) is 5.75 Å². The molecule has 0 aliphatic rings. The zero-order chi connectivity index (χ0) is 16.5. The van der Waals surface area contributed by atoms with E-state index in [0.717, 1.165) is 6.42 Å². The monoisotopic (exact) mass is 306 g/mol. The van der Waals surface area contributed by atoms with Crippen LogP contribution in [0.15, 0.2) is 24.3 Å². The van der Waals surface area contributed by atoms with Crippen molar-refractivity contribution < 1.29 is 14.3 Å². The highest BCUT2D eigenvalue weighted by Gasteiger charge is 2.19. The maximum absolute atomic E-state index is 12.0. The number of hydrogen-bond acceptors (Lipinski definition) is 3. The van der Waals surface area contributed by atoms with Gasteiger partial charge in [-0.2, -0.15) is 0 Å². The zero-order valence-corrected chi connectivity index (χ0v) is 13.9. The average Bonchev–Trinajstić information content (AvgIpc) is 2.45. The second-order valence-electron chi connectivity index (χ2n) is 5.54. The number of benzene rings is 1. The predicted molar refractivity (Wildman–Crippen MR) is 88.1 cm³/mol. The molecule has 0 saturated heterocycles. The Balaban J connectivity index is 2.78. The molecule has 0 bridgehead atoms. The fourth-order valence-electron chi connectivity index (χ4n) is 2.02. The summed E-state index contributed by atoms with van der Waals surface area (Å²) in [5.41, 5.74) is 0.621. The third-order valence-electron chi connectivity index (χ3n) is 3.18. The summed E-state index contributed by atoms with van der Waals surface area (Å²) in [6.07, 6.45) is 0.918. The number of nitrogens with zero attached hydrogens (tertiary/aromatic N) is 1. The van der Waals surface area contributed by atoms with Crippen molar-refractivity contribution in [2.24, 2.45) is 5.92 Å². The van der Waals surface area contributed by atoms with E-state index in [9.17, 15) is 9.59 Å². The second kappa shape index (κ2) is 9.07. The van der Waals surface area contributed by atoms with E-state index in [2.05, 4.69) is 19.2 Å². The summed E-state index contributed by atoms with van der Waals surface area (Å²) in [7, 11) is 0. The lowest BCUT2D eigenvalue weighted by Gasteiger charge is -2.23. The van der Waals surface area contributed by atoms with Gasteiger partial charge in [-0.25, -0.2) is 0 Å². The molecule has 0 radical (unpaired) electrons. The van der Waals surface area contributed by atoms with Gasteiger partial charge in [-0.3, -0.25) is 14.5 Å². The lowest BCUT2D eigenvalue weighted by Crippen LogP contribution is -2.40. The van der Waals surface area contributed by atoms with E-state index in [1.165, 1.54) is 11.8 Å². The Morgan fingerprint density at radius 3 is 2.55 bits per heavy atom. The van der Waals surface area contributed by atoms with Gasteiger partial charge in [0.05, 0.1) is 12.3 Å². The molecule has 5 nitrogen and oxygen atoms in total. The number of hydrogen-bond donors (Lipinski definition) is 1. The molecule has 0 unspecified atom stereocenters. The summed E-state index contributed by atoms with van der Waals surface area (Å²) in [6, 6.07) is 7.25. The summed E-state index contributed by atoms with van der Waals surface area (Å²) < 4.78 is 5.54. The molecule has 0 heterocycles. The van der Waals surface area contributed by atoms with Gasteiger partial charge in [0.25, 0.3) is 0 Å². The topological polar surface area (TPSA) is 58.6 Å². The van der Waals surface area contributed by atoms with Gasteiger partial charge in [-0.15, -0.1) is 0 Å². The Bertz CT molecular complexity index is 500. The molecule has 1 aromatic carbocycles. The van der Waals surface area contributed by atoms with Crippen LogP contribution in [0.3, 0.4) is 0 Å². The summed E-state index contributed by atoms with van der Waals surface area (Å²) in [5, 5.41) is 2.85. The van der Waals surface area contributed by atoms with E-state index in [1.807, 2.05) is 19.1 Å². The molecule has 2 amide bonds. The number of carbonyl (C=O) groups is 2. The SMILES string of the molecule is CCOc1ccccc1N(CC(=O)NCCC(C)C)C(C)=O. The highest BCUT2D eigenvalue weighted by atomic mass is 16.5. The molecule has 1 rings (SSSR count). The van der Waals surface area contributed by atoms with Crippen LogP contribution < -0.4 is 15.0 Å². The molecule has 0 aliphatic carbocycles. The summed E-state index contributed by atoms with van der Waals surface area (Å²) in [6.45, 7) is 8.66. The molecule has 5 heteroatoms. The summed E-state index contributed by atoms with van der Waals surface area (Å²) in [5.74, 6) is 0.784. The van der Waals surface area contributed by atoms with Crippen LogP contribution in [-0.4, -0.2) is 31.5 Å². The third kappa shape index (κ3) is 5.76. The number of nitrogens with one attached hydrogen (secondary N) is 1. The van der Waals surface area contributed by atoms with Crippen LogP contribution >= 0.6 is 0 Å². The first-order chi connectivity index (χ1) is 10.5. The summed E-state index contributed by atoms with van der Waals surface area (Å²) in [4.78, 5) is 25.4. The van der Waals surface area contributed by atoms with Gasteiger partial charge < -0.3 is 10.1 Å². The van der Waals surface area contributed by atoms with Crippen molar-refractivity contribution in [3.63, 3.8) is 0 Å². The van der Waals surface area contributed by atoms with Gasteiger partial charge in [0.2, 0.25) is 11.8 Å². The first kappa shape index (κ1) is 18.0. The van der Waals surface area contributed by atoms with Gasteiger partial charge in [0, 0.05) is 13.5 Å². The van der Waals surface area contributed by atoms with Crippen LogP contribution in [0.1, 0.15) is 34.1 Å². The first-order valence-electron chi connectivity index (χ1n) is 7.72. The standard InChI is InChI=1S/C17H26N2O3/c1-5-22-16-9-7-6-8-15(16)19(14(4)20)12-17(21)18-11-10-13(2)3/h6-9,13H,5,10-12H2,1-4H3,(H,18,21). The fraction of sp³-hybridized carbons (Fsp3) is 0.529. The quantitative estimate of drug-likeness (QED) is 0.803. The van der Waals surface area contributed by atoms with E-state index in [1.54, 1.807) is 12.1 Å². The lowest BCUT2D eigenvalue weighted by atomic mass is 10.1. The molecule has 0 aromatic heterocycles. The lowest BCUT2D eigenvalue weighted by molar-refractivity contribution is -0.123. The van der Waals surface area contributed by atoms with Crippen LogP contribution in [0.2, 0.25) is 0 Å². The predicted octanol–water partition coefficient (Wildman–Crippen LogP) is 2.60. The minimum atomic E-state index is -0.189. The molecule has 0 fully saturated rings. The van der Waals surface area contributed by atoms with Crippen molar-refractivity contribution in [2.75, 3.05) is 24.6 Å². The maximum atomic E-state index is 12.0. The van der Waals surface area contributed by atoms with Crippen LogP contribution in [-0.2, 0) is 9.59 Å². The minimum absolute atomic E-state index is 0.00246. The Labute approximate surface area is 132 Å². The van der Waals surface area contributed by atoms with E-state index < -0.39 is 0 Å². The molecule has 22 heavy (non-hydrogen) atoms. The molecule has 0 spiro atoms. The van der Waals surface area contributed by atoms with E-state index in [0.29, 0.717) is 30.5 Å². The second-order valence-corrected chi connectivity index (χ2v) is 5.54. The molecule has 0 aliphatic heterocycles. The van der Waals surface area contributed by atoms with Crippen molar-refractivity contribution in [3.05, 3.63) is 24.3 Å². The van der Waals surface area contributed by atoms with E-state index >= 15 is 0 Å². The largest absolute Gasteiger partial charge is 0.492 e. The number of carbonyl (C=O) groups excluding carboxylic acids is 2. The van der Waals surface area contributed by atoms with Gasteiger partial charge in [-0.05, 0) is 31.4 Å². The Hall–Kier alpha value is -2.04. The number of anilines is 1. The van der Waals surface area contributed by atoms with Gasteiger partial charge >= 0.3 is 0 Å². The van der Waals surface area contributed by atoms with Crippen LogP contribution in [0, 0.1) is 5.92 Å². The number of rotatable bonds is 8. The number of amides is 2. The average molecular weight is 306 g/mol. The summed E-state index contributed by atoms with van der Waals surface area (Å²) >= 11 is 0. The molecule has 1 N–H and O–H groups in total. The number of ether oxygens (including phenoxy) is 1. The van der Waals surface area contributed by atoms with Crippen molar-refractivity contribution in [2.45, 2.75) is 34.1 Å². The normalized spacial score (nSPS) is 10.4. The van der Waals surface area contributed by atoms with Crippen LogP contribution in [0.4, 0.5) is 5.69 Å². The van der Waals surface area contributed by atoms with Gasteiger partial charge in [0.15, 0.2) is 0 Å². The minimum Gasteiger partial charge on any atom is -0.492 e. The third-order valence-corrected chi connectivity index (χ3v) is 3.18. The maximum Gasteiger partial charge on any atom is 0.240 e. The Kier molecular flexibility index (Phi) is 7.43. The Morgan fingerprint density at radius 2 is 1.95 bits per heavy atom. The number of para-hydroxylation sites is 2. The molecular formula is C17H26N2O3. The van der Waals surface area contributed by atoms with Crippen LogP contribution in [0.25, 0.3) is 0 Å².